The Bertz CT molecular complexity index is 918. The van der Waals surface area contributed by atoms with E-state index < -0.39 is 10.0 Å². The highest BCUT2D eigenvalue weighted by atomic mass is 32.2. The first kappa shape index (κ1) is 19.1. The van der Waals surface area contributed by atoms with Gasteiger partial charge in [0.05, 0.1) is 10.8 Å². The van der Waals surface area contributed by atoms with Gasteiger partial charge in [-0.25, -0.2) is 8.42 Å². The second-order valence-corrected chi connectivity index (χ2v) is 9.51. The molecule has 0 spiro atoms. The van der Waals surface area contributed by atoms with Crippen molar-refractivity contribution in [1.29, 1.82) is 0 Å². The Kier molecular flexibility index (Phi) is 5.46. The molecule has 1 aromatic heterocycles. The van der Waals surface area contributed by atoms with Gasteiger partial charge < -0.3 is 4.90 Å². The quantitative estimate of drug-likeness (QED) is 0.792. The van der Waals surface area contributed by atoms with E-state index in [1.54, 1.807) is 36.5 Å². The number of rotatable bonds is 4. The summed E-state index contributed by atoms with van der Waals surface area (Å²) in [4.78, 5) is 19.4. The van der Waals surface area contributed by atoms with Crippen LogP contribution in [0, 0.1) is 5.92 Å². The maximum Gasteiger partial charge on any atom is 0.243 e. The van der Waals surface area contributed by atoms with Gasteiger partial charge in [0.15, 0.2) is 0 Å². The van der Waals surface area contributed by atoms with Crippen molar-refractivity contribution < 1.29 is 13.2 Å². The summed E-state index contributed by atoms with van der Waals surface area (Å²) in [6.07, 6.45) is 6.00. The number of carbonyl (C=O) groups excluding carboxylic acids is 1. The number of aromatic nitrogens is 1. The van der Waals surface area contributed by atoms with Gasteiger partial charge in [-0.3, -0.25) is 9.78 Å². The summed E-state index contributed by atoms with van der Waals surface area (Å²) in [6.45, 7) is 2.15. The summed E-state index contributed by atoms with van der Waals surface area (Å²) in [7, 11) is -3.55. The molecular formula is C21H25N3O3S. The van der Waals surface area contributed by atoms with Gasteiger partial charge in [-0.05, 0) is 43.0 Å². The van der Waals surface area contributed by atoms with E-state index in [0.717, 1.165) is 24.9 Å². The lowest BCUT2D eigenvalue weighted by Crippen LogP contribution is -2.46. The highest BCUT2D eigenvalue weighted by Gasteiger charge is 2.37. The fourth-order valence-electron chi connectivity index (χ4n) is 4.21. The van der Waals surface area contributed by atoms with Crippen LogP contribution < -0.4 is 0 Å². The number of carbonyl (C=O) groups is 1. The molecule has 2 aromatic rings. The summed E-state index contributed by atoms with van der Waals surface area (Å²) in [5.41, 5.74) is 1.16. The van der Waals surface area contributed by atoms with E-state index in [4.69, 9.17) is 0 Å². The minimum Gasteiger partial charge on any atom is -0.342 e. The minimum atomic E-state index is -3.55. The third-order valence-electron chi connectivity index (χ3n) is 5.77. The van der Waals surface area contributed by atoms with Crippen molar-refractivity contribution in [3.8, 4) is 0 Å². The first-order chi connectivity index (χ1) is 13.6. The largest absolute Gasteiger partial charge is 0.342 e. The van der Waals surface area contributed by atoms with E-state index in [-0.39, 0.29) is 18.4 Å². The Labute approximate surface area is 166 Å². The van der Waals surface area contributed by atoms with Gasteiger partial charge >= 0.3 is 0 Å². The first-order valence-corrected chi connectivity index (χ1v) is 11.2. The zero-order valence-electron chi connectivity index (χ0n) is 15.8. The molecule has 2 fully saturated rings. The van der Waals surface area contributed by atoms with Crippen LogP contribution in [0.25, 0.3) is 0 Å². The SMILES string of the molecule is O=C(C1CCCN(S(=O)(=O)c2ccccc2)C1)N1CCC(c2cccnc2)C1. The van der Waals surface area contributed by atoms with Crippen molar-refractivity contribution in [1.82, 2.24) is 14.2 Å². The third kappa shape index (κ3) is 3.82. The molecule has 6 nitrogen and oxygen atoms in total. The number of hydrogen-bond donors (Lipinski definition) is 0. The van der Waals surface area contributed by atoms with E-state index in [1.807, 2.05) is 17.2 Å². The number of pyridine rings is 1. The van der Waals surface area contributed by atoms with Crippen LogP contribution in [0.3, 0.4) is 0 Å². The monoisotopic (exact) mass is 399 g/mol. The number of piperidine rings is 1. The molecule has 2 atom stereocenters. The van der Waals surface area contributed by atoms with Gasteiger partial charge in [0.2, 0.25) is 15.9 Å². The lowest BCUT2D eigenvalue weighted by molar-refractivity contribution is -0.135. The molecule has 148 valence electrons. The van der Waals surface area contributed by atoms with Crippen molar-refractivity contribution in [2.24, 2.45) is 5.92 Å². The number of amides is 1. The lowest BCUT2D eigenvalue weighted by atomic mass is 9.98. The fraction of sp³-hybridized carbons (Fsp3) is 0.429. The topological polar surface area (TPSA) is 70.6 Å². The average Bonchev–Trinajstić information content (AvgIpc) is 3.25. The molecule has 4 rings (SSSR count). The van der Waals surface area contributed by atoms with Crippen LogP contribution >= 0.6 is 0 Å². The van der Waals surface area contributed by atoms with Crippen molar-refractivity contribution in [2.45, 2.75) is 30.1 Å². The molecule has 28 heavy (non-hydrogen) atoms. The number of sulfonamides is 1. The molecule has 7 heteroatoms. The minimum absolute atomic E-state index is 0.0827. The van der Waals surface area contributed by atoms with Gasteiger partial charge in [0, 0.05) is 44.5 Å². The Balaban J connectivity index is 1.43. The third-order valence-corrected chi connectivity index (χ3v) is 7.65. The van der Waals surface area contributed by atoms with E-state index in [1.165, 1.54) is 4.31 Å². The van der Waals surface area contributed by atoms with Crippen molar-refractivity contribution in [3.05, 3.63) is 60.4 Å². The predicted octanol–water partition coefficient (Wildman–Crippen LogP) is 2.50. The summed E-state index contributed by atoms with van der Waals surface area (Å²) >= 11 is 0. The zero-order valence-corrected chi connectivity index (χ0v) is 16.6. The summed E-state index contributed by atoms with van der Waals surface area (Å²) in [5.74, 6) is 0.129. The second-order valence-electron chi connectivity index (χ2n) is 7.57. The molecule has 2 unspecified atom stereocenters. The van der Waals surface area contributed by atoms with E-state index in [9.17, 15) is 13.2 Å². The van der Waals surface area contributed by atoms with Crippen molar-refractivity contribution >= 4 is 15.9 Å². The summed E-state index contributed by atoms with van der Waals surface area (Å²) in [5, 5.41) is 0. The Morgan fingerprint density at radius 1 is 1.00 bits per heavy atom. The summed E-state index contributed by atoms with van der Waals surface area (Å²) < 4.78 is 27.3. The summed E-state index contributed by atoms with van der Waals surface area (Å²) in [6, 6.07) is 12.4. The molecular weight excluding hydrogens is 374 g/mol. The number of hydrogen-bond acceptors (Lipinski definition) is 4. The normalized spacial score (nSPS) is 23.6. The Hall–Kier alpha value is -2.25. The molecule has 2 saturated heterocycles. The maximum absolute atomic E-state index is 13.1. The molecule has 0 aliphatic carbocycles. The van der Waals surface area contributed by atoms with Gasteiger partial charge in [-0.15, -0.1) is 0 Å². The molecule has 2 aliphatic rings. The molecule has 0 bridgehead atoms. The molecule has 1 aromatic carbocycles. The highest BCUT2D eigenvalue weighted by Crippen LogP contribution is 2.30. The number of nitrogens with zero attached hydrogens (tertiary/aromatic N) is 3. The maximum atomic E-state index is 13.1. The van der Waals surface area contributed by atoms with E-state index in [0.29, 0.717) is 30.3 Å². The molecule has 2 aliphatic heterocycles. The Morgan fingerprint density at radius 3 is 2.57 bits per heavy atom. The lowest BCUT2D eigenvalue weighted by Gasteiger charge is -2.33. The van der Waals surface area contributed by atoms with E-state index in [2.05, 4.69) is 11.1 Å². The second kappa shape index (κ2) is 8.01. The first-order valence-electron chi connectivity index (χ1n) is 9.79. The van der Waals surface area contributed by atoms with Crippen LogP contribution in [0.1, 0.15) is 30.7 Å². The van der Waals surface area contributed by atoms with Crippen LogP contribution in [0.5, 0.6) is 0 Å². The van der Waals surface area contributed by atoms with Crippen LogP contribution in [0.2, 0.25) is 0 Å². The fourth-order valence-corrected chi connectivity index (χ4v) is 5.76. The van der Waals surface area contributed by atoms with Gasteiger partial charge in [-0.2, -0.15) is 4.31 Å². The van der Waals surface area contributed by atoms with Crippen molar-refractivity contribution in [2.75, 3.05) is 26.2 Å². The average molecular weight is 400 g/mol. The Morgan fingerprint density at radius 2 is 1.82 bits per heavy atom. The smallest absolute Gasteiger partial charge is 0.243 e. The molecule has 0 N–H and O–H groups in total. The van der Waals surface area contributed by atoms with Gasteiger partial charge in [0.1, 0.15) is 0 Å². The molecule has 0 saturated carbocycles. The van der Waals surface area contributed by atoms with Gasteiger partial charge in [-0.1, -0.05) is 24.3 Å². The van der Waals surface area contributed by atoms with Crippen LogP contribution in [-0.4, -0.2) is 54.7 Å². The van der Waals surface area contributed by atoms with Crippen LogP contribution in [-0.2, 0) is 14.8 Å². The number of benzene rings is 1. The predicted molar refractivity (Wildman–Crippen MR) is 106 cm³/mol. The molecule has 0 radical (unpaired) electrons. The zero-order chi connectivity index (χ0) is 19.6. The van der Waals surface area contributed by atoms with Crippen LogP contribution in [0.15, 0.2) is 59.8 Å². The molecule has 1 amide bonds. The van der Waals surface area contributed by atoms with Gasteiger partial charge in [0.25, 0.3) is 0 Å². The molecule has 3 heterocycles. The van der Waals surface area contributed by atoms with E-state index >= 15 is 0 Å². The van der Waals surface area contributed by atoms with Crippen LogP contribution in [0.4, 0.5) is 0 Å². The highest BCUT2D eigenvalue weighted by molar-refractivity contribution is 7.89. The van der Waals surface area contributed by atoms with Crippen molar-refractivity contribution in [3.63, 3.8) is 0 Å². The standard InChI is InChI=1S/C21H25N3O3S/c25-21(23-13-10-18(15-23)17-6-4-11-22-14-17)19-7-5-12-24(16-19)28(26,27)20-8-2-1-3-9-20/h1-4,6,8-9,11,14,18-19H,5,7,10,12-13,15-16H2. The number of likely N-dealkylation sites (tertiary alicyclic amines) is 1.